The Kier molecular flexibility index (Phi) is 7.17. The number of benzene rings is 3. The van der Waals surface area contributed by atoms with Gasteiger partial charge < -0.3 is 9.47 Å². The molecule has 3 aromatic rings. The third-order valence-electron chi connectivity index (χ3n) is 4.59. The smallest absolute Gasteiger partial charge is 0.276 e. The summed E-state index contributed by atoms with van der Waals surface area (Å²) in [4.78, 5) is 23.9. The van der Waals surface area contributed by atoms with Crippen molar-refractivity contribution in [3.8, 4) is 11.5 Å². The summed E-state index contributed by atoms with van der Waals surface area (Å²) in [5.74, 6) is 0.171. The maximum Gasteiger partial charge on any atom is 0.276 e. The third kappa shape index (κ3) is 6.46. The van der Waals surface area contributed by atoms with Gasteiger partial charge in [0.25, 0.3) is 11.8 Å². The SMILES string of the molecule is CC(C)(C)c1ccc(OCC(=O)NNC(=O)COc2ccc3ccccc3c2)c(Br)c1. The molecule has 0 saturated carbocycles. The monoisotopic (exact) mass is 484 g/mol. The lowest BCUT2D eigenvalue weighted by atomic mass is 9.87. The van der Waals surface area contributed by atoms with Crippen molar-refractivity contribution in [2.45, 2.75) is 26.2 Å². The van der Waals surface area contributed by atoms with Gasteiger partial charge in [-0.25, -0.2) is 0 Å². The van der Waals surface area contributed by atoms with Gasteiger partial charge in [-0.3, -0.25) is 20.4 Å². The first-order valence-corrected chi connectivity index (χ1v) is 10.6. The fraction of sp³-hybridized carbons (Fsp3) is 0.250. The lowest BCUT2D eigenvalue weighted by Crippen LogP contribution is -2.45. The highest BCUT2D eigenvalue weighted by Crippen LogP contribution is 2.31. The van der Waals surface area contributed by atoms with Gasteiger partial charge in [0.15, 0.2) is 13.2 Å². The van der Waals surface area contributed by atoms with E-state index in [-0.39, 0.29) is 18.6 Å². The van der Waals surface area contributed by atoms with Crippen LogP contribution in [0, 0.1) is 0 Å². The van der Waals surface area contributed by atoms with Gasteiger partial charge in [0.2, 0.25) is 0 Å². The average molecular weight is 485 g/mol. The van der Waals surface area contributed by atoms with Gasteiger partial charge in [-0.05, 0) is 61.9 Å². The summed E-state index contributed by atoms with van der Waals surface area (Å²) in [6.45, 7) is 5.90. The fourth-order valence-corrected chi connectivity index (χ4v) is 3.34. The molecular weight excluding hydrogens is 460 g/mol. The van der Waals surface area contributed by atoms with Crippen molar-refractivity contribution in [1.29, 1.82) is 0 Å². The molecule has 2 amide bonds. The Morgan fingerprint density at radius 2 is 1.48 bits per heavy atom. The molecule has 0 bridgehead atoms. The van der Waals surface area contributed by atoms with Crippen LogP contribution in [-0.4, -0.2) is 25.0 Å². The van der Waals surface area contributed by atoms with Crippen molar-refractivity contribution in [1.82, 2.24) is 10.9 Å². The Hall–Kier alpha value is -3.06. The molecule has 0 spiro atoms. The molecule has 0 radical (unpaired) electrons. The molecule has 2 N–H and O–H groups in total. The second-order valence-corrected chi connectivity index (χ2v) is 8.93. The summed E-state index contributed by atoms with van der Waals surface area (Å²) in [6, 6.07) is 19.2. The number of fused-ring (bicyclic) bond motifs is 1. The normalized spacial score (nSPS) is 11.1. The summed E-state index contributed by atoms with van der Waals surface area (Å²) in [5.41, 5.74) is 5.79. The van der Waals surface area contributed by atoms with Crippen molar-refractivity contribution in [2.24, 2.45) is 0 Å². The van der Waals surface area contributed by atoms with Crippen LogP contribution in [0.15, 0.2) is 65.1 Å². The minimum atomic E-state index is -0.481. The molecule has 162 valence electrons. The third-order valence-corrected chi connectivity index (χ3v) is 5.21. The molecule has 3 aromatic carbocycles. The second kappa shape index (κ2) is 9.83. The molecule has 3 rings (SSSR count). The van der Waals surface area contributed by atoms with Crippen LogP contribution in [0.5, 0.6) is 11.5 Å². The molecule has 0 heterocycles. The fourth-order valence-electron chi connectivity index (χ4n) is 2.85. The van der Waals surface area contributed by atoms with Gasteiger partial charge in [0.1, 0.15) is 11.5 Å². The van der Waals surface area contributed by atoms with E-state index >= 15 is 0 Å². The number of hydrazine groups is 1. The molecule has 6 nitrogen and oxygen atoms in total. The zero-order chi connectivity index (χ0) is 22.4. The summed E-state index contributed by atoms with van der Waals surface area (Å²) in [5, 5.41) is 2.11. The van der Waals surface area contributed by atoms with E-state index in [0.29, 0.717) is 11.5 Å². The van der Waals surface area contributed by atoms with Crippen molar-refractivity contribution in [2.75, 3.05) is 13.2 Å². The Morgan fingerprint density at radius 1 is 0.839 bits per heavy atom. The van der Waals surface area contributed by atoms with E-state index in [1.54, 1.807) is 6.07 Å². The first kappa shape index (κ1) is 22.6. The maximum absolute atomic E-state index is 12.0. The number of hydrogen-bond donors (Lipinski definition) is 2. The van der Waals surface area contributed by atoms with E-state index in [9.17, 15) is 9.59 Å². The topological polar surface area (TPSA) is 76.7 Å². The lowest BCUT2D eigenvalue weighted by molar-refractivity contribution is -0.131. The predicted molar refractivity (Wildman–Crippen MR) is 124 cm³/mol. The summed E-state index contributed by atoms with van der Waals surface area (Å²) in [6.07, 6.45) is 0. The molecule has 0 saturated heterocycles. The molecule has 0 atom stereocenters. The Labute approximate surface area is 190 Å². The summed E-state index contributed by atoms with van der Waals surface area (Å²) < 4.78 is 11.8. The Balaban J connectivity index is 1.42. The van der Waals surface area contributed by atoms with Crippen molar-refractivity contribution in [3.05, 3.63) is 70.7 Å². The number of rotatable bonds is 6. The van der Waals surface area contributed by atoms with Crippen LogP contribution in [-0.2, 0) is 15.0 Å². The van der Waals surface area contributed by atoms with Gasteiger partial charge in [-0.1, -0.05) is 57.2 Å². The number of nitrogens with one attached hydrogen (secondary N) is 2. The number of ether oxygens (including phenoxy) is 2. The van der Waals surface area contributed by atoms with Crippen molar-refractivity contribution in [3.63, 3.8) is 0 Å². The first-order chi connectivity index (χ1) is 14.7. The van der Waals surface area contributed by atoms with Crippen LogP contribution in [0.3, 0.4) is 0 Å². The highest BCUT2D eigenvalue weighted by Gasteiger charge is 2.16. The standard InChI is InChI=1S/C24H25BrN2O4/c1-24(2,3)18-9-11-21(20(25)13-18)31-15-23(29)27-26-22(28)14-30-19-10-8-16-6-4-5-7-17(16)12-19/h4-13H,14-15H2,1-3H3,(H,26,28)(H,27,29). The number of halogens is 1. The van der Waals surface area contributed by atoms with Crippen LogP contribution in [0.4, 0.5) is 0 Å². The lowest BCUT2D eigenvalue weighted by Gasteiger charge is -2.20. The number of carbonyl (C=O) groups is 2. The number of carbonyl (C=O) groups excluding carboxylic acids is 2. The largest absolute Gasteiger partial charge is 0.484 e. The van der Waals surface area contributed by atoms with Gasteiger partial charge in [-0.2, -0.15) is 0 Å². The van der Waals surface area contributed by atoms with Crippen LogP contribution >= 0.6 is 15.9 Å². The van der Waals surface area contributed by atoms with Gasteiger partial charge in [0, 0.05) is 0 Å². The predicted octanol–water partition coefficient (Wildman–Crippen LogP) is 4.51. The number of amides is 2. The highest BCUT2D eigenvalue weighted by atomic mass is 79.9. The second-order valence-electron chi connectivity index (χ2n) is 8.08. The number of hydrogen-bond acceptors (Lipinski definition) is 4. The van der Waals surface area contributed by atoms with Crippen molar-refractivity contribution < 1.29 is 19.1 Å². The summed E-state index contributed by atoms with van der Waals surface area (Å²) >= 11 is 3.47. The van der Waals surface area contributed by atoms with E-state index in [0.717, 1.165) is 20.8 Å². The van der Waals surface area contributed by atoms with E-state index in [4.69, 9.17) is 9.47 Å². The molecule has 31 heavy (non-hydrogen) atoms. The zero-order valence-corrected chi connectivity index (χ0v) is 19.3. The molecule has 0 unspecified atom stereocenters. The van der Waals surface area contributed by atoms with Gasteiger partial charge >= 0.3 is 0 Å². The Bertz CT molecular complexity index is 1090. The van der Waals surface area contributed by atoms with E-state index < -0.39 is 11.8 Å². The minimum absolute atomic E-state index is 0.0115. The van der Waals surface area contributed by atoms with Crippen LogP contribution in [0.2, 0.25) is 0 Å². The van der Waals surface area contributed by atoms with E-state index in [1.807, 2.05) is 54.6 Å². The summed E-state index contributed by atoms with van der Waals surface area (Å²) in [7, 11) is 0. The maximum atomic E-state index is 12.0. The molecule has 7 heteroatoms. The quantitative estimate of drug-likeness (QED) is 0.504. The minimum Gasteiger partial charge on any atom is -0.484 e. The molecule has 0 aliphatic carbocycles. The van der Waals surface area contributed by atoms with Crippen molar-refractivity contribution >= 4 is 38.5 Å². The van der Waals surface area contributed by atoms with Gasteiger partial charge in [-0.15, -0.1) is 0 Å². The molecule has 0 fully saturated rings. The van der Waals surface area contributed by atoms with E-state index in [1.165, 1.54) is 0 Å². The molecular formula is C24H25BrN2O4. The zero-order valence-electron chi connectivity index (χ0n) is 17.7. The van der Waals surface area contributed by atoms with Crippen LogP contribution in [0.25, 0.3) is 10.8 Å². The van der Waals surface area contributed by atoms with E-state index in [2.05, 4.69) is 47.6 Å². The van der Waals surface area contributed by atoms with Crippen LogP contribution < -0.4 is 20.3 Å². The first-order valence-electron chi connectivity index (χ1n) is 9.84. The molecule has 0 aliphatic rings. The molecule has 0 aliphatic heterocycles. The highest BCUT2D eigenvalue weighted by molar-refractivity contribution is 9.10. The average Bonchev–Trinajstić information content (AvgIpc) is 2.74. The Morgan fingerprint density at radius 3 is 2.13 bits per heavy atom. The van der Waals surface area contributed by atoms with Crippen LogP contribution in [0.1, 0.15) is 26.3 Å². The molecule has 0 aromatic heterocycles. The van der Waals surface area contributed by atoms with Gasteiger partial charge in [0.05, 0.1) is 4.47 Å².